The number of nitrogens with two attached hydrogens (primary N) is 1. The molecular formula is C16H26N2O3S. The summed E-state index contributed by atoms with van der Waals surface area (Å²) in [6.07, 6.45) is 13.1. The maximum Gasteiger partial charge on any atom is 0.254 e. The third kappa shape index (κ3) is 2.95. The lowest BCUT2D eigenvalue weighted by molar-refractivity contribution is -0.121. The molecule has 2 saturated carbocycles. The van der Waals surface area contributed by atoms with E-state index in [1.165, 1.54) is 6.42 Å². The number of fused-ring (bicyclic) bond motifs is 1. The molecule has 1 spiro atoms. The molecule has 2 aliphatic carbocycles. The lowest BCUT2D eigenvalue weighted by Crippen LogP contribution is -2.49. The molecule has 5 nitrogen and oxygen atoms in total. The molecule has 0 unspecified atom stereocenters. The van der Waals surface area contributed by atoms with Gasteiger partial charge in [0.25, 0.3) is 5.91 Å². The van der Waals surface area contributed by atoms with Gasteiger partial charge in [0.2, 0.25) is 10.0 Å². The van der Waals surface area contributed by atoms with Gasteiger partial charge in [-0.2, -0.15) is 0 Å². The summed E-state index contributed by atoms with van der Waals surface area (Å²) in [5.41, 5.74) is 5.05. The van der Waals surface area contributed by atoms with Crippen molar-refractivity contribution in [1.29, 1.82) is 0 Å². The Hall–Kier alpha value is -0.880. The summed E-state index contributed by atoms with van der Waals surface area (Å²) in [6, 6.07) is 0. The van der Waals surface area contributed by atoms with Gasteiger partial charge in [0.1, 0.15) is 5.54 Å². The van der Waals surface area contributed by atoms with E-state index in [0.717, 1.165) is 32.1 Å². The Morgan fingerprint density at radius 3 is 2.50 bits per heavy atom. The van der Waals surface area contributed by atoms with E-state index in [2.05, 4.69) is 10.8 Å². The third-order valence-corrected chi connectivity index (χ3v) is 7.66. The number of sulfonamides is 1. The van der Waals surface area contributed by atoms with Gasteiger partial charge < -0.3 is 5.73 Å². The molecule has 0 saturated heterocycles. The average Bonchev–Trinajstić information content (AvgIpc) is 3.34. The first kappa shape index (κ1) is 16.0. The first-order valence-electron chi connectivity index (χ1n) is 8.42. The molecule has 1 aliphatic heterocycles. The Morgan fingerprint density at radius 2 is 1.77 bits per heavy atom. The second-order valence-electron chi connectivity index (χ2n) is 7.20. The lowest BCUT2D eigenvalue weighted by atomic mass is 10.1. The number of nitrogens with one attached hydrogen (secondary N) is 1. The van der Waals surface area contributed by atoms with Crippen molar-refractivity contribution in [1.82, 2.24) is 4.72 Å². The monoisotopic (exact) mass is 326 g/mol. The van der Waals surface area contributed by atoms with E-state index in [4.69, 9.17) is 5.73 Å². The maximum atomic E-state index is 12.5. The maximum absolute atomic E-state index is 12.5. The largest absolute Gasteiger partial charge is 0.317 e. The van der Waals surface area contributed by atoms with Crippen LogP contribution in [0.1, 0.15) is 64.2 Å². The highest BCUT2D eigenvalue weighted by Gasteiger charge is 2.60. The van der Waals surface area contributed by atoms with Crippen LogP contribution in [0.2, 0.25) is 0 Å². The van der Waals surface area contributed by atoms with Crippen molar-refractivity contribution in [2.24, 2.45) is 11.7 Å². The van der Waals surface area contributed by atoms with Gasteiger partial charge in [0.15, 0.2) is 0 Å². The van der Waals surface area contributed by atoms with E-state index in [-0.39, 0.29) is 5.92 Å². The lowest BCUT2D eigenvalue weighted by Gasteiger charge is -2.19. The van der Waals surface area contributed by atoms with Crippen LogP contribution in [-0.4, -0.2) is 24.6 Å². The van der Waals surface area contributed by atoms with Gasteiger partial charge in [-0.25, -0.2) is 8.42 Å². The van der Waals surface area contributed by atoms with Crippen LogP contribution in [0.3, 0.4) is 0 Å². The molecule has 22 heavy (non-hydrogen) atoms. The van der Waals surface area contributed by atoms with Gasteiger partial charge in [0.05, 0.1) is 4.75 Å². The molecule has 124 valence electrons. The molecule has 3 rings (SSSR count). The van der Waals surface area contributed by atoms with Crippen molar-refractivity contribution in [3.05, 3.63) is 12.2 Å². The van der Waals surface area contributed by atoms with E-state index in [1.807, 2.05) is 6.08 Å². The van der Waals surface area contributed by atoms with E-state index >= 15 is 0 Å². The van der Waals surface area contributed by atoms with Crippen LogP contribution in [0.5, 0.6) is 0 Å². The Balaban J connectivity index is 1.75. The minimum Gasteiger partial charge on any atom is -0.317 e. The van der Waals surface area contributed by atoms with Crippen LogP contribution in [0.15, 0.2) is 12.2 Å². The molecule has 0 aromatic heterocycles. The number of rotatable bonds is 0. The minimum atomic E-state index is -3.60. The van der Waals surface area contributed by atoms with Crippen molar-refractivity contribution in [2.75, 3.05) is 0 Å². The number of hydrogen-bond acceptors (Lipinski definition) is 4. The third-order valence-electron chi connectivity index (χ3n) is 5.46. The Bertz CT molecular complexity index is 580. The molecule has 0 aromatic carbocycles. The van der Waals surface area contributed by atoms with E-state index in [9.17, 15) is 13.2 Å². The number of hydrogen-bond donors (Lipinski definition) is 2. The van der Waals surface area contributed by atoms with Crippen LogP contribution in [-0.2, 0) is 14.8 Å². The average molecular weight is 326 g/mol. The molecule has 6 heteroatoms. The second-order valence-corrected chi connectivity index (χ2v) is 9.28. The quantitative estimate of drug-likeness (QED) is 0.666. The molecule has 0 bridgehead atoms. The molecule has 3 N–H and O–H groups in total. The molecule has 2 atom stereocenters. The van der Waals surface area contributed by atoms with Crippen molar-refractivity contribution >= 4 is 15.9 Å². The van der Waals surface area contributed by atoms with Crippen LogP contribution < -0.4 is 10.5 Å². The van der Waals surface area contributed by atoms with E-state index in [0.29, 0.717) is 25.7 Å². The fraction of sp³-hybridized carbons (Fsp3) is 0.812. The Kier molecular flexibility index (Phi) is 4.10. The number of allylic oxidation sites excluding steroid dienone is 1. The predicted molar refractivity (Wildman–Crippen MR) is 85.5 cm³/mol. The first-order valence-corrected chi connectivity index (χ1v) is 9.90. The van der Waals surface area contributed by atoms with Crippen LogP contribution in [0, 0.1) is 5.92 Å². The molecule has 1 heterocycles. The van der Waals surface area contributed by atoms with Gasteiger partial charge in [-0.05, 0) is 38.5 Å². The van der Waals surface area contributed by atoms with Crippen molar-refractivity contribution in [2.45, 2.75) is 74.5 Å². The summed E-state index contributed by atoms with van der Waals surface area (Å²) < 4.78 is 26.6. The summed E-state index contributed by atoms with van der Waals surface area (Å²) in [6.45, 7) is 0. The number of amides is 1. The zero-order chi connectivity index (χ0) is 15.8. The SMILES string of the molecule is N[C@]12C[C@H]1/C=C/CCCCCCCC1(CC1)S(=O)(=O)NC2=O. The number of carbonyl (C=O) groups is 1. The number of carbonyl (C=O) groups excluding carboxylic acids is 1. The van der Waals surface area contributed by atoms with E-state index in [1.54, 1.807) is 0 Å². The zero-order valence-electron chi connectivity index (χ0n) is 13.0. The van der Waals surface area contributed by atoms with Gasteiger partial charge in [-0.3, -0.25) is 9.52 Å². The van der Waals surface area contributed by atoms with Crippen LogP contribution in [0.4, 0.5) is 0 Å². The standard InChI is InChI=1S/C16H26N2O3S/c17-16-12-13(16)8-6-4-2-1-3-5-7-9-15(10-11-15)22(20,21)18-14(16)19/h6,8,13H,1-5,7,9-12,17H2,(H,18,19)/b8-6+/t13-,16-/m1/s1. The fourth-order valence-electron chi connectivity index (χ4n) is 3.42. The molecule has 1 amide bonds. The Labute approximate surface area is 132 Å². The molecule has 3 aliphatic rings. The molecule has 0 radical (unpaired) electrons. The highest BCUT2D eigenvalue weighted by molar-refractivity contribution is 7.91. The van der Waals surface area contributed by atoms with Crippen LogP contribution in [0.25, 0.3) is 0 Å². The van der Waals surface area contributed by atoms with Crippen molar-refractivity contribution in [3.8, 4) is 0 Å². The summed E-state index contributed by atoms with van der Waals surface area (Å²) >= 11 is 0. The molecule has 0 aromatic rings. The smallest absolute Gasteiger partial charge is 0.254 e. The zero-order valence-corrected chi connectivity index (χ0v) is 13.8. The van der Waals surface area contributed by atoms with Crippen molar-refractivity contribution < 1.29 is 13.2 Å². The summed E-state index contributed by atoms with van der Waals surface area (Å²) in [7, 11) is -3.60. The Morgan fingerprint density at radius 1 is 1.09 bits per heavy atom. The van der Waals surface area contributed by atoms with Gasteiger partial charge in [-0.1, -0.05) is 37.8 Å². The summed E-state index contributed by atoms with van der Waals surface area (Å²) in [4.78, 5) is 12.3. The normalized spacial score (nSPS) is 39.0. The minimum absolute atomic E-state index is 0.0250. The van der Waals surface area contributed by atoms with Gasteiger partial charge in [-0.15, -0.1) is 0 Å². The second kappa shape index (κ2) is 5.64. The fourth-order valence-corrected chi connectivity index (χ4v) is 5.13. The van der Waals surface area contributed by atoms with Gasteiger partial charge in [0, 0.05) is 5.92 Å². The topological polar surface area (TPSA) is 89.3 Å². The molecular weight excluding hydrogens is 300 g/mol. The van der Waals surface area contributed by atoms with Crippen molar-refractivity contribution in [3.63, 3.8) is 0 Å². The van der Waals surface area contributed by atoms with Gasteiger partial charge >= 0.3 is 0 Å². The highest BCUT2D eigenvalue weighted by Crippen LogP contribution is 2.48. The summed E-state index contributed by atoms with van der Waals surface area (Å²) in [5, 5.41) is 0. The van der Waals surface area contributed by atoms with Crippen LogP contribution >= 0.6 is 0 Å². The summed E-state index contributed by atoms with van der Waals surface area (Å²) in [5.74, 6) is -0.550. The van der Waals surface area contributed by atoms with E-state index < -0.39 is 26.2 Å². The first-order chi connectivity index (χ1) is 10.4. The predicted octanol–water partition coefficient (Wildman–Crippen LogP) is 1.98. The molecule has 2 fully saturated rings. The highest BCUT2D eigenvalue weighted by atomic mass is 32.2.